The van der Waals surface area contributed by atoms with Crippen molar-refractivity contribution in [1.29, 1.82) is 0 Å². The van der Waals surface area contributed by atoms with Crippen LogP contribution in [0.2, 0.25) is 0 Å². The molecule has 0 bridgehead atoms. The molecule has 1 unspecified atom stereocenters. The van der Waals surface area contributed by atoms with Gasteiger partial charge in [0.2, 0.25) is 0 Å². The first-order valence-corrected chi connectivity index (χ1v) is 8.22. The van der Waals surface area contributed by atoms with Crippen LogP contribution in [0.4, 0.5) is 0 Å². The van der Waals surface area contributed by atoms with Crippen LogP contribution >= 0.6 is 0 Å². The van der Waals surface area contributed by atoms with E-state index in [2.05, 4.69) is 6.92 Å². The molecule has 0 saturated heterocycles. The highest BCUT2D eigenvalue weighted by Crippen LogP contribution is 2.08. The van der Waals surface area contributed by atoms with Gasteiger partial charge >= 0.3 is 5.97 Å². The van der Waals surface area contributed by atoms with Gasteiger partial charge in [-0.2, -0.15) is 0 Å². The van der Waals surface area contributed by atoms with Crippen molar-refractivity contribution in [3.8, 4) is 0 Å². The summed E-state index contributed by atoms with van der Waals surface area (Å²) in [5.41, 5.74) is 0. The highest BCUT2D eigenvalue weighted by molar-refractivity contribution is 5.71. The van der Waals surface area contributed by atoms with E-state index in [0.717, 1.165) is 44.9 Å². The lowest BCUT2D eigenvalue weighted by Gasteiger charge is -2.04. The molecule has 0 heterocycles. The highest BCUT2D eigenvalue weighted by atomic mass is 16.4. The van der Waals surface area contributed by atoms with Gasteiger partial charge in [-0.1, -0.05) is 58.3 Å². The molecule has 0 spiro atoms. The molecule has 0 rings (SSSR count). The van der Waals surface area contributed by atoms with Crippen molar-refractivity contribution < 1.29 is 25.2 Å². The van der Waals surface area contributed by atoms with Crippen molar-refractivity contribution in [3.05, 3.63) is 0 Å². The summed E-state index contributed by atoms with van der Waals surface area (Å²) in [5, 5.41) is 33.9. The second-order valence-corrected chi connectivity index (χ2v) is 5.27. The number of carboxylic acid groups (broad SMARTS) is 1. The lowest BCUT2D eigenvalue weighted by molar-refractivity contribution is -0.146. The molecule has 5 heteroatoms. The predicted molar refractivity (Wildman–Crippen MR) is 84.3 cm³/mol. The smallest absolute Gasteiger partial charge is 0.332 e. The number of aliphatic carboxylic acids is 1. The van der Waals surface area contributed by atoms with Crippen LogP contribution in [0, 0.1) is 0 Å². The minimum atomic E-state index is -1.16. The fourth-order valence-electron chi connectivity index (χ4n) is 1.82. The minimum Gasteiger partial charge on any atom is -0.479 e. The first-order valence-electron chi connectivity index (χ1n) is 8.22. The number of rotatable bonds is 13. The van der Waals surface area contributed by atoms with Gasteiger partial charge in [-0.05, 0) is 19.3 Å². The maximum atomic E-state index is 10.2. The average Bonchev–Trinajstić information content (AvgIpc) is 2.47. The predicted octanol–water partition coefficient (Wildman–Crippen LogP) is 2.71. The summed E-state index contributed by atoms with van der Waals surface area (Å²) in [6.07, 6.45) is 9.75. The van der Waals surface area contributed by atoms with E-state index in [9.17, 15) is 4.79 Å². The van der Waals surface area contributed by atoms with E-state index in [0.29, 0.717) is 6.42 Å². The van der Waals surface area contributed by atoms with Crippen LogP contribution in [0.15, 0.2) is 0 Å². The van der Waals surface area contributed by atoms with Gasteiger partial charge < -0.3 is 20.4 Å². The van der Waals surface area contributed by atoms with Gasteiger partial charge in [0.05, 0.1) is 0 Å². The van der Waals surface area contributed by atoms with Crippen molar-refractivity contribution in [3.63, 3.8) is 0 Å². The van der Waals surface area contributed by atoms with Crippen LogP contribution in [0.25, 0.3) is 0 Å². The molecule has 0 aromatic carbocycles. The second kappa shape index (κ2) is 19.4. The van der Waals surface area contributed by atoms with E-state index in [1.54, 1.807) is 0 Å². The quantitative estimate of drug-likeness (QED) is 0.392. The molecule has 4 N–H and O–H groups in total. The summed E-state index contributed by atoms with van der Waals surface area (Å²) >= 11 is 0. The van der Waals surface area contributed by atoms with Gasteiger partial charge in [0.15, 0.2) is 6.10 Å². The third-order valence-corrected chi connectivity index (χ3v) is 3.18. The molecule has 5 nitrogen and oxygen atoms in total. The molecule has 0 saturated carbocycles. The van der Waals surface area contributed by atoms with E-state index < -0.39 is 12.1 Å². The summed E-state index contributed by atoms with van der Waals surface area (Å²) in [4.78, 5) is 10.2. The van der Waals surface area contributed by atoms with Crippen molar-refractivity contribution in [2.75, 3.05) is 13.2 Å². The number of hydrogen-bond donors (Lipinski definition) is 4. The van der Waals surface area contributed by atoms with Crippen LogP contribution < -0.4 is 0 Å². The summed E-state index contributed by atoms with van der Waals surface area (Å²) in [6.45, 7) is 2.73. The zero-order valence-corrected chi connectivity index (χ0v) is 13.5. The van der Waals surface area contributed by atoms with Crippen LogP contribution in [0.3, 0.4) is 0 Å². The number of aliphatic hydroxyl groups excluding tert-OH is 3. The summed E-state index contributed by atoms with van der Waals surface area (Å²) < 4.78 is 0. The normalized spacial score (nSPS) is 11.6. The van der Waals surface area contributed by atoms with Gasteiger partial charge in [0.1, 0.15) is 0 Å². The number of carboxylic acids is 1. The average molecular weight is 306 g/mol. The largest absolute Gasteiger partial charge is 0.479 e. The van der Waals surface area contributed by atoms with E-state index in [1.807, 2.05) is 0 Å². The van der Waals surface area contributed by atoms with Crippen molar-refractivity contribution in [2.24, 2.45) is 0 Å². The second-order valence-electron chi connectivity index (χ2n) is 5.27. The number of hydrogen-bond acceptors (Lipinski definition) is 4. The highest BCUT2D eigenvalue weighted by Gasteiger charge is 2.11. The first kappa shape index (κ1) is 22.6. The number of carbonyl (C=O) groups is 1. The molecule has 0 aliphatic carbocycles. The fourth-order valence-corrected chi connectivity index (χ4v) is 1.82. The Hall–Kier alpha value is -0.650. The molecule has 21 heavy (non-hydrogen) atoms. The molecule has 1 atom stereocenters. The Morgan fingerprint density at radius 3 is 1.67 bits per heavy atom. The molecule has 128 valence electrons. The maximum Gasteiger partial charge on any atom is 0.332 e. The standard InChI is InChI=1S/C10H20O3.C6H14O2/c1-2-3-4-5-6-7-8-9(11)10(12)13;7-5-3-1-2-4-6-8/h9,11H,2-8H2,1H3,(H,12,13);7-8H,1-6H2. The molecule has 0 fully saturated rings. The SMILES string of the molecule is CCCCCCCCC(O)C(=O)O.OCCCCCCO. The van der Waals surface area contributed by atoms with Crippen LogP contribution in [-0.2, 0) is 4.79 Å². The fraction of sp³-hybridized carbons (Fsp3) is 0.938. The third kappa shape index (κ3) is 21.8. The van der Waals surface area contributed by atoms with E-state index in [4.69, 9.17) is 20.4 Å². The van der Waals surface area contributed by atoms with Crippen molar-refractivity contribution in [1.82, 2.24) is 0 Å². The number of unbranched alkanes of at least 4 members (excludes halogenated alkanes) is 8. The number of aliphatic hydroxyl groups is 3. The minimum absolute atomic E-state index is 0.283. The Kier molecular flexibility index (Phi) is 20.9. The molecule has 0 amide bonds. The van der Waals surface area contributed by atoms with Crippen LogP contribution in [-0.4, -0.2) is 45.7 Å². The summed E-state index contributed by atoms with van der Waals surface area (Å²) in [5.74, 6) is -1.10. The third-order valence-electron chi connectivity index (χ3n) is 3.18. The van der Waals surface area contributed by atoms with Crippen molar-refractivity contribution >= 4 is 5.97 Å². The van der Waals surface area contributed by atoms with Gasteiger partial charge in [0.25, 0.3) is 0 Å². The van der Waals surface area contributed by atoms with Crippen LogP contribution in [0.5, 0.6) is 0 Å². The van der Waals surface area contributed by atoms with Crippen LogP contribution in [0.1, 0.15) is 77.6 Å². The van der Waals surface area contributed by atoms with Gasteiger partial charge in [0, 0.05) is 13.2 Å². The lowest BCUT2D eigenvalue weighted by Crippen LogP contribution is -2.18. The first-order chi connectivity index (χ1) is 10.1. The van der Waals surface area contributed by atoms with E-state index in [1.165, 1.54) is 19.3 Å². The topological polar surface area (TPSA) is 98.0 Å². The molecule has 0 aliphatic rings. The molecule has 0 aromatic heterocycles. The zero-order chi connectivity index (χ0) is 16.3. The Balaban J connectivity index is 0. The van der Waals surface area contributed by atoms with Gasteiger partial charge in [-0.3, -0.25) is 0 Å². The lowest BCUT2D eigenvalue weighted by atomic mass is 10.1. The van der Waals surface area contributed by atoms with E-state index >= 15 is 0 Å². The molecule has 0 aliphatic heterocycles. The molecule has 0 aromatic rings. The Morgan fingerprint density at radius 1 is 0.810 bits per heavy atom. The summed E-state index contributed by atoms with van der Waals surface area (Å²) in [7, 11) is 0. The zero-order valence-electron chi connectivity index (χ0n) is 13.5. The summed E-state index contributed by atoms with van der Waals surface area (Å²) in [6, 6.07) is 0. The Morgan fingerprint density at radius 2 is 1.24 bits per heavy atom. The Bertz CT molecular complexity index is 203. The van der Waals surface area contributed by atoms with Gasteiger partial charge in [-0.15, -0.1) is 0 Å². The monoisotopic (exact) mass is 306 g/mol. The van der Waals surface area contributed by atoms with Gasteiger partial charge in [-0.25, -0.2) is 4.79 Å². The van der Waals surface area contributed by atoms with E-state index in [-0.39, 0.29) is 13.2 Å². The van der Waals surface area contributed by atoms with Crippen molar-refractivity contribution in [2.45, 2.75) is 83.7 Å². The molecular weight excluding hydrogens is 272 g/mol. The molecular formula is C16H34O5. The maximum absolute atomic E-state index is 10.2. The molecule has 0 radical (unpaired) electrons. The Labute approximate surface area is 129 Å².